The Labute approximate surface area is 96.6 Å². The molecule has 0 amide bonds. The average molecular weight is 277 g/mol. The SMILES string of the molecule is O=S(=O)(Cl)CC12CCC(C(F)(F)F)(CC1)C2. The van der Waals surface area contributed by atoms with Gasteiger partial charge in [-0.15, -0.1) is 0 Å². The van der Waals surface area contributed by atoms with Crippen LogP contribution in [-0.2, 0) is 9.05 Å². The van der Waals surface area contributed by atoms with Crippen LogP contribution in [0.15, 0.2) is 0 Å². The molecule has 2 rings (SSSR count). The van der Waals surface area contributed by atoms with Gasteiger partial charge in [-0.1, -0.05) is 0 Å². The Morgan fingerprint density at radius 3 is 1.94 bits per heavy atom. The molecule has 2 aliphatic carbocycles. The molecule has 2 bridgehead atoms. The molecule has 2 saturated carbocycles. The summed E-state index contributed by atoms with van der Waals surface area (Å²) >= 11 is 0. The quantitative estimate of drug-likeness (QED) is 0.727. The second-order valence-corrected chi connectivity index (χ2v) is 7.91. The van der Waals surface area contributed by atoms with Gasteiger partial charge in [-0.05, 0) is 37.5 Å². The van der Waals surface area contributed by atoms with E-state index in [9.17, 15) is 21.6 Å². The molecule has 0 unspecified atom stereocenters. The maximum Gasteiger partial charge on any atom is 0.394 e. The van der Waals surface area contributed by atoms with Gasteiger partial charge in [-0.2, -0.15) is 13.2 Å². The number of hydrogen-bond donors (Lipinski definition) is 0. The highest BCUT2D eigenvalue weighted by Crippen LogP contribution is 2.67. The van der Waals surface area contributed by atoms with Gasteiger partial charge in [0, 0.05) is 10.7 Å². The Morgan fingerprint density at radius 1 is 1.12 bits per heavy atom. The Kier molecular flexibility index (Phi) is 2.56. The molecule has 0 radical (unpaired) electrons. The topological polar surface area (TPSA) is 34.1 Å². The van der Waals surface area contributed by atoms with Crippen LogP contribution in [0.2, 0.25) is 0 Å². The van der Waals surface area contributed by atoms with Crippen molar-refractivity contribution in [1.82, 2.24) is 0 Å². The van der Waals surface area contributed by atoms with E-state index in [0.717, 1.165) is 0 Å². The number of fused-ring (bicyclic) bond motifs is 2. The van der Waals surface area contributed by atoms with Gasteiger partial charge in [0.05, 0.1) is 11.2 Å². The largest absolute Gasteiger partial charge is 0.394 e. The molecule has 0 aromatic heterocycles. The third-order valence-electron chi connectivity index (χ3n) is 4.06. The van der Waals surface area contributed by atoms with E-state index in [-0.39, 0.29) is 25.0 Å². The highest BCUT2D eigenvalue weighted by Gasteiger charge is 2.66. The first-order chi connectivity index (χ1) is 7.08. The summed E-state index contributed by atoms with van der Waals surface area (Å²) in [4.78, 5) is 0. The van der Waals surface area contributed by atoms with Gasteiger partial charge in [-0.3, -0.25) is 0 Å². The zero-order chi connectivity index (χ0) is 12.2. The molecular formula is C9H12ClF3O2S. The average Bonchev–Trinajstić information content (AvgIpc) is 2.54. The van der Waals surface area contributed by atoms with E-state index in [1.807, 2.05) is 0 Å². The van der Waals surface area contributed by atoms with Gasteiger partial charge in [0.1, 0.15) is 0 Å². The fourth-order valence-corrected chi connectivity index (χ4v) is 5.09. The smallest absolute Gasteiger partial charge is 0.212 e. The van der Waals surface area contributed by atoms with E-state index in [1.165, 1.54) is 0 Å². The van der Waals surface area contributed by atoms with Gasteiger partial charge in [0.2, 0.25) is 9.05 Å². The molecule has 2 fully saturated rings. The second kappa shape index (κ2) is 3.28. The summed E-state index contributed by atoms with van der Waals surface area (Å²) in [6.07, 6.45) is -3.57. The fourth-order valence-electron chi connectivity index (χ4n) is 3.28. The molecule has 0 aromatic carbocycles. The lowest BCUT2D eigenvalue weighted by Gasteiger charge is -2.29. The van der Waals surface area contributed by atoms with Crippen molar-refractivity contribution in [2.45, 2.75) is 38.3 Å². The van der Waals surface area contributed by atoms with Crippen molar-refractivity contribution in [3.8, 4) is 0 Å². The number of halogens is 4. The van der Waals surface area contributed by atoms with Crippen molar-refractivity contribution in [1.29, 1.82) is 0 Å². The monoisotopic (exact) mass is 276 g/mol. The van der Waals surface area contributed by atoms with Crippen LogP contribution in [-0.4, -0.2) is 20.3 Å². The molecule has 0 saturated heterocycles. The van der Waals surface area contributed by atoms with Crippen molar-refractivity contribution in [2.24, 2.45) is 10.8 Å². The Morgan fingerprint density at radius 2 is 1.62 bits per heavy atom. The summed E-state index contributed by atoms with van der Waals surface area (Å²) in [5, 5.41) is 0. The highest BCUT2D eigenvalue weighted by atomic mass is 35.7. The molecular weight excluding hydrogens is 265 g/mol. The summed E-state index contributed by atoms with van der Waals surface area (Å²) in [5.74, 6) is -0.320. The van der Waals surface area contributed by atoms with Crippen LogP contribution in [0.3, 0.4) is 0 Å². The minimum Gasteiger partial charge on any atom is -0.212 e. The minimum absolute atomic E-state index is 0.0446. The molecule has 0 atom stereocenters. The zero-order valence-corrected chi connectivity index (χ0v) is 10.1. The van der Waals surface area contributed by atoms with Gasteiger partial charge in [-0.25, -0.2) is 8.42 Å². The molecule has 2 nitrogen and oxygen atoms in total. The van der Waals surface area contributed by atoms with E-state index in [1.54, 1.807) is 0 Å². The van der Waals surface area contributed by atoms with Crippen LogP contribution in [0.25, 0.3) is 0 Å². The first-order valence-corrected chi connectivity index (χ1v) is 7.55. The lowest BCUT2D eigenvalue weighted by Crippen LogP contribution is -2.33. The summed E-state index contributed by atoms with van der Waals surface area (Å²) in [7, 11) is 1.43. The minimum atomic E-state index is -4.22. The van der Waals surface area contributed by atoms with Crippen LogP contribution >= 0.6 is 10.7 Å². The van der Waals surface area contributed by atoms with Gasteiger partial charge in [0.15, 0.2) is 0 Å². The molecule has 16 heavy (non-hydrogen) atoms. The van der Waals surface area contributed by atoms with Gasteiger partial charge in [0.25, 0.3) is 0 Å². The van der Waals surface area contributed by atoms with Crippen LogP contribution in [0.5, 0.6) is 0 Å². The fraction of sp³-hybridized carbons (Fsp3) is 1.00. The molecule has 94 valence electrons. The molecule has 0 N–H and O–H groups in total. The molecule has 0 aromatic rings. The Hall–Kier alpha value is 0.0300. The molecule has 0 aliphatic heterocycles. The first kappa shape index (κ1) is 12.5. The summed E-state index contributed by atoms with van der Waals surface area (Å²) in [6, 6.07) is 0. The lowest BCUT2D eigenvalue weighted by atomic mass is 9.82. The molecule has 0 spiro atoms. The van der Waals surface area contributed by atoms with Crippen molar-refractivity contribution < 1.29 is 21.6 Å². The summed E-state index contributed by atoms with van der Waals surface area (Å²) in [5.41, 5.74) is -2.37. The maximum absolute atomic E-state index is 12.9. The van der Waals surface area contributed by atoms with Gasteiger partial charge < -0.3 is 0 Å². The predicted molar refractivity (Wildman–Crippen MR) is 53.6 cm³/mol. The van der Waals surface area contributed by atoms with Crippen LogP contribution in [0.1, 0.15) is 32.1 Å². The van der Waals surface area contributed by atoms with Crippen molar-refractivity contribution in [3.63, 3.8) is 0 Å². The molecule has 2 aliphatic rings. The highest BCUT2D eigenvalue weighted by molar-refractivity contribution is 8.13. The van der Waals surface area contributed by atoms with E-state index in [2.05, 4.69) is 0 Å². The van der Waals surface area contributed by atoms with Gasteiger partial charge >= 0.3 is 6.18 Å². The first-order valence-electron chi connectivity index (χ1n) is 5.07. The van der Waals surface area contributed by atoms with E-state index < -0.39 is 26.1 Å². The van der Waals surface area contributed by atoms with Crippen molar-refractivity contribution >= 4 is 19.7 Å². The predicted octanol–water partition coefficient (Wildman–Crippen LogP) is 3.07. The van der Waals surface area contributed by atoms with Crippen LogP contribution in [0.4, 0.5) is 13.2 Å². The lowest BCUT2D eigenvalue weighted by molar-refractivity contribution is -0.220. The number of hydrogen-bond acceptors (Lipinski definition) is 2. The second-order valence-electron chi connectivity index (χ2n) is 5.14. The number of rotatable bonds is 2. The summed E-state index contributed by atoms with van der Waals surface area (Å²) in [6.45, 7) is 0. The number of alkyl halides is 3. The van der Waals surface area contributed by atoms with Crippen LogP contribution in [0, 0.1) is 10.8 Å². The zero-order valence-electron chi connectivity index (χ0n) is 8.48. The van der Waals surface area contributed by atoms with Crippen molar-refractivity contribution in [2.75, 3.05) is 5.75 Å². The van der Waals surface area contributed by atoms with Crippen molar-refractivity contribution in [3.05, 3.63) is 0 Å². The van der Waals surface area contributed by atoms with E-state index in [4.69, 9.17) is 10.7 Å². The third-order valence-corrected chi connectivity index (χ3v) is 5.35. The summed E-state index contributed by atoms with van der Waals surface area (Å²) < 4.78 is 60.6. The Bertz CT molecular complexity index is 393. The van der Waals surface area contributed by atoms with E-state index in [0.29, 0.717) is 12.8 Å². The molecule has 7 heteroatoms. The standard InChI is InChI=1S/C9H12ClF3O2S/c10-16(14,15)6-7-1-3-8(5-7,4-2-7)9(11,12)13/h1-6H2. The third kappa shape index (κ3) is 1.94. The van der Waals surface area contributed by atoms with E-state index >= 15 is 0 Å². The maximum atomic E-state index is 12.9. The molecule has 0 heterocycles. The Balaban J connectivity index is 2.22. The van der Waals surface area contributed by atoms with Crippen LogP contribution < -0.4 is 0 Å². The normalized spacial score (nSPS) is 39.2.